The molecule has 208 valence electrons. The van der Waals surface area contributed by atoms with Crippen molar-refractivity contribution in [3.05, 3.63) is 95.1 Å². The number of carbonyl (C=O) groups excluding carboxylic acids is 1. The zero-order valence-electron chi connectivity index (χ0n) is 22.6. The van der Waals surface area contributed by atoms with Crippen molar-refractivity contribution in [2.24, 2.45) is 4.99 Å². The molecule has 1 amide bonds. The number of hydroxylamine groups is 1. The molecule has 4 N–H and O–H groups in total. The second kappa shape index (κ2) is 12.9. The summed E-state index contributed by atoms with van der Waals surface area (Å²) in [6.07, 6.45) is 0. The highest BCUT2D eigenvalue weighted by molar-refractivity contribution is 6.22. The number of aliphatic hydroxyl groups excluding tert-OH is 1. The lowest BCUT2D eigenvalue weighted by atomic mass is 10.00. The van der Waals surface area contributed by atoms with E-state index in [1.165, 1.54) is 0 Å². The summed E-state index contributed by atoms with van der Waals surface area (Å²) in [6.45, 7) is 7.71. The number of aromatic nitrogens is 1. The number of hydrogen-bond donors (Lipinski definition) is 4. The van der Waals surface area contributed by atoms with Crippen LogP contribution in [0.1, 0.15) is 27.0 Å². The smallest absolute Gasteiger partial charge is 0.274 e. The summed E-state index contributed by atoms with van der Waals surface area (Å²) in [4.78, 5) is 30.5. The molecule has 4 aromatic rings. The van der Waals surface area contributed by atoms with Crippen LogP contribution < -0.4 is 5.48 Å². The molecule has 5 rings (SSSR count). The lowest BCUT2D eigenvalue weighted by Crippen LogP contribution is -2.48. The van der Waals surface area contributed by atoms with Gasteiger partial charge in [-0.25, -0.2) is 10.5 Å². The van der Waals surface area contributed by atoms with Crippen molar-refractivity contribution < 1.29 is 19.8 Å². The van der Waals surface area contributed by atoms with E-state index in [0.29, 0.717) is 35.7 Å². The summed E-state index contributed by atoms with van der Waals surface area (Å²) in [5.74, 6) is -0.264. The van der Waals surface area contributed by atoms with Gasteiger partial charge >= 0.3 is 0 Å². The first kappa shape index (κ1) is 27.5. The SMILES string of the molecule is Cc1ccc2[nH]c(O)c(C(=Nc3ccc(C(=O)NOCCN4CCN(CCO)CC4)cc3)c3ccccc3)c2c1. The third-order valence-electron chi connectivity index (χ3n) is 7.14. The zero-order valence-corrected chi connectivity index (χ0v) is 22.6. The van der Waals surface area contributed by atoms with Gasteiger partial charge in [0.1, 0.15) is 0 Å². The second-order valence-corrected chi connectivity index (χ2v) is 9.96. The molecule has 0 bridgehead atoms. The maximum Gasteiger partial charge on any atom is 0.274 e. The van der Waals surface area contributed by atoms with Gasteiger partial charge in [0.05, 0.1) is 30.2 Å². The second-order valence-electron chi connectivity index (χ2n) is 9.96. The van der Waals surface area contributed by atoms with E-state index in [9.17, 15) is 9.90 Å². The lowest BCUT2D eigenvalue weighted by Gasteiger charge is -2.34. The normalized spacial score (nSPS) is 15.0. The van der Waals surface area contributed by atoms with Crippen molar-refractivity contribution >= 4 is 28.2 Å². The minimum Gasteiger partial charge on any atom is -0.494 e. The van der Waals surface area contributed by atoms with E-state index in [4.69, 9.17) is 14.9 Å². The number of aromatic amines is 1. The highest BCUT2D eigenvalue weighted by Crippen LogP contribution is 2.32. The molecule has 0 atom stereocenters. The Labute approximate surface area is 233 Å². The average molecular weight is 542 g/mol. The Morgan fingerprint density at radius 1 is 0.950 bits per heavy atom. The summed E-state index contributed by atoms with van der Waals surface area (Å²) >= 11 is 0. The van der Waals surface area contributed by atoms with Crippen LogP contribution in [0.5, 0.6) is 5.88 Å². The molecule has 0 aliphatic carbocycles. The van der Waals surface area contributed by atoms with Crippen LogP contribution in [0.25, 0.3) is 10.9 Å². The van der Waals surface area contributed by atoms with Crippen molar-refractivity contribution in [1.29, 1.82) is 0 Å². The minimum atomic E-state index is -0.323. The molecule has 1 aliphatic rings. The van der Waals surface area contributed by atoms with Crippen molar-refractivity contribution in [3.8, 4) is 5.88 Å². The van der Waals surface area contributed by atoms with Gasteiger partial charge in [0.25, 0.3) is 5.91 Å². The summed E-state index contributed by atoms with van der Waals surface area (Å²) < 4.78 is 0. The molecule has 9 heteroatoms. The number of amides is 1. The van der Waals surface area contributed by atoms with Gasteiger partial charge in [-0.05, 0) is 43.3 Å². The van der Waals surface area contributed by atoms with Crippen molar-refractivity contribution in [1.82, 2.24) is 20.3 Å². The van der Waals surface area contributed by atoms with E-state index in [1.54, 1.807) is 24.3 Å². The number of nitrogens with zero attached hydrogens (tertiary/aromatic N) is 3. The van der Waals surface area contributed by atoms with Gasteiger partial charge in [-0.1, -0.05) is 42.0 Å². The number of aliphatic imine (C=N–C) groups is 1. The van der Waals surface area contributed by atoms with Gasteiger partial charge in [-0.15, -0.1) is 0 Å². The van der Waals surface area contributed by atoms with E-state index in [1.807, 2.05) is 55.5 Å². The quantitative estimate of drug-likeness (QED) is 0.139. The highest BCUT2D eigenvalue weighted by atomic mass is 16.7. The number of benzene rings is 3. The fourth-order valence-corrected chi connectivity index (χ4v) is 4.94. The van der Waals surface area contributed by atoms with Gasteiger partial charge in [-0.3, -0.25) is 19.4 Å². The van der Waals surface area contributed by atoms with E-state index >= 15 is 0 Å². The average Bonchev–Trinajstić information content (AvgIpc) is 3.30. The number of β-amino-alcohol motifs (C(OH)–C–C–N with tert-alkyl or cyclic N) is 1. The number of rotatable bonds is 10. The van der Waals surface area contributed by atoms with Crippen LogP contribution in [-0.2, 0) is 4.84 Å². The first-order chi connectivity index (χ1) is 19.5. The van der Waals surface area contributed by atoms with Gasteiger partial charge in [0, 0.05) is 61.3 Å². The maximum atomic E-state index is 12.6. The van der Waals surface area contributed by atoms with Gasteiger partial charge in [0.15, 0.2) is 5.88 Å². The van der Waals surface area contributed by atoms with Gasteiger partial charge in [0.2, 0.25) is 0 Å². The molecule has 1 aromatic heterocycles. The molecule has 9 nitrogen and oxygen atoms in total. The van der Waals surface area contributed by atoms with Gasteiger partial charge in [-0.2, -0.15) is 0 Å². The molecule has 40 heavy (non-hydrogen) atoms. The molecule has 3 aromatic carbocycles. The Bertz CT molecular complexity index is 1460. The predicted molar refractivity (Wildman–Crippen MR) is 156 cm³/mol. The van der Waals surface area contributed by atoms with Gasteiger partial charge < -0.3 is 15.2 Å². The van der Waals surface area contributed by atoms with E-state index < -0.39 is 0 Å². The van der Waals surface area contributed by atoms with Crippen LogP contribution in [0.15, 0.2) is 77.8 Å². The molecule has 2 heterocycles. The Hall–Kier alpha value is -4.02. The Morgan fingerprint density at radius 3 is 2.35 bits per heavy atom. The lowest BCUT2D eigenvalue weighted by molar-refractivity contribution is 0.0158. The fraction of sp³-hybridized carbons (Fsp3) is 0.290. The Morgan fingerprint density at radius 2 is 1.65 bits per heavy atom. The third-order valence-corrected chi connectivity index (χ3v) is 7.14. The molecule has 0 spiro atoms. The minimum absolute atomic E-state index is 0.0587. The number of piperazine rings is 1. The summed E-state index contributed by atoms with van der Waals surface area (Å²) in [7, 11) is 0. The fourth-order valence-electron chi connectivity index (χ4n) is 4.94. The summed E-state index contributed by atoms with van der Waals surface area (Å²) in [6, 6.07) is 22.7. The zero-order chi connectivity index (χ0) is 27.9. The number of aliphatic hydroxyl groups is 1. The standard InChI is InChI=1S/C31H35N5O4/c1-22-7-12-27-26(21-22)28(31(39)33-27)29(23-5-3-2-4-6-23)32-25-10-8-24(9-11-25)30(38)34-40-20-18-36-15-13-35(14-16-36)17-19-37/h2-12,21,33,37,39H,13-20H2,1H3,(H,34,38). The first-order valence-electron chi connectivity index (χ1n) is 13.6. The maximum absolute atomic E-state index is 12.6. The summed E-state index contributed by atoms with van der Waals surface area (Å²) in [5, 5.41) is 20.8. The van der Waals surface area contributed by atoms with Crippen LogP contribution in [0.3, 0.4) is 0 Å². The van der Waals surface area contributed by atoms with Crippen LogP contribution >= 0.6 is 0 Å². The first-order valence-corrected chi connectivity index (χ1v) is 13.6. The number of carbonyl (C=O) groups is 1. The molecule has 1 fully saturated rings. The predicted octanol–water partition coefficient (Wildman–Crippen LogP) is 3.62. The van der Waals surface area contributed by atoms with Crippen molar-refractivity contribution in [3.63, 3.8) is 0 Å². The molecular formula is C31H35N5O4. The van der Waals surface area contributed by atoms with E-state index in [-0.39, 0.29) is 18.4 Å². The van der Waals surface area contributed by atoms with E-state index in [0.717, 1.165) is 54.8 Å². The topological polar surface area (TPSA) is 113 Å². The number of fused-ring (bicyclic) bond motifs is 1. The number of hydrogen-bond acceptors (Lipinski definition) is 7. The molecule has 0 unspecified atom stereocenters. The van der Waals surface area contributed by atoms with Crippen LogP contribution in [-0.4, -0.2) is 89.1 Å². The Balaban J connectivity index is 1.26. The highest BCUT2D eigenvalue weighted by Gasteiger charge is 2.19. The number of aromatic hydroxyl groups is 1. The monoisotopic (exact) mass is 541 g/mol. The number of H-pyrrole nitrogens is 1. The largest absolute Gasteiger partial charge is 0.494 e. The molecule has 0 saturated carbocycles. The van der Waals surface area contributed by atoms with Crippen LogP contribution in [0, 0.1) is 6.92 Å². The number of nitrogens with one attached hydrogen (secondary N) is 2. The van der Waals surface area contributed by atoms with Crippen molar-refractivity contribution in [2.75, 3.05) is 52.5 Å². The molecular weight excluding hydrogens is 506 g/mol. The van der Waals surface area contributed by atoms with Crippen LogP contribution in [0.2, 0.25) is 0 Å². The Kier molecular flexibility index (Phi) is 8.87. The van der Waals surface area contributed by atoms with E-state index in [2.05, 4.69) is 20.3 Å². The third kappa shape index (κ3) is 6.57. The molecule has 1 aliphatic heterocycles. The molecule has 1 saturated heterocycles. The summed E-state index contributed by atoms with van der Waals surface area (Å²) in [5.41, 5.74) is 7.68. The number of aryl methyl sites for hydroxylation is 1. The molecule has 0 radical (unpaired) electrons. The van der Waals surface area contributed by atoms with Crippen LogP contribution in [0.4, 0.5) is 5.69 Å². The van der Waals surface area contributed by atoms with Crippen molar-refractivity contribution in [2.45, 2.75) is 6.92 Å².